The number of ether oxygens (including phenoxy) is 2. The molecule has 0 radical (unpaired) electrons. The molecule has 0 aromatic heterocycles. The predicted octanol–water partition coefficient (Wildman–Crippen LogP) is 2.11. The summed E-state index contributed by atoms with van der Waals surface area (Å²) in [4.78, 5) is 11.7. The van der Waals surface area contributed by atoms with Gasteiger partial charge < -0.3 is 15.2 Å². The average molecular weight is 251 g/mol. The van der Waals surface area contributed by atoms with E-state index in [0.29, 0.717) is 0 Å². The van der Waals surface area contributed by atoms with Crippen molar-refractivity contribution < 1.29 is 14.3 Å². The molecule has 4 nitrogen and oxygen atoms in total. The fourth-order valence-corrected chi connectivity index (χ4v) is 1.50. The minimum absolute atomic E-state index is 0.128. The summed E-state index contributed by atoms with van der Waals surface area (Å²) in [5, 5.41) is 0. The molecule has 0 aliphatic rings. The first-order valence-electron chi connectivity index (χ1n) is 6.13. The van der Waals surface area contributed by atoms with Crippen LogP contribution in [0.15, 0.2) is 24.3 Å². The van der Waals surface area contributed by atoms with Gasteiger partial charge in [0, 0.05) is 0 Å². The lowest BCUT2D eigenvalue weighted by molar-refractivity contribution is -0.147. The van der Waals surface area contributed by atoms with Crippen LogP contribution in [0, 0.1) is 5.92 Å². The number of benzene rings is 1. The van der Waals surface area contributed by atoms with Crippen molar-refractivity contribution in [3.63, 3.8) is 0 Å². The highest BCUT2D eigenvalue weighted by Gasteiger charge is 2.20. The lowest BCUT2D eigenvalue weighted by Crippen LogP contribution is -2.37. The Balaban J connectivity index is 2.51. The number of nitrogens with two attached hydrogens (primary N) is 1. The third-order valence-electron chi connectivity index (χ3n) is 3.04. The zero-order valence-electron chi connectivity index (χ0n) is 11.2. The second-order valence-corrected chi connectivity index (χ2v) is 4.37. The van der Waals surface area contributed by atoms with Crippen molar-refractivity contribution in [1.29, 1.82) is 0 Å². The Morgan fingerprint density at radius 1 is 1.44 bits per heavy atom. The number of carbonyl (C=O) groups excluding carboxylic acids is 1. The van der Waals surface area contributed by atoms with E-state index in [4.69, 9.17) is 15.2 Å². The standard InChI is InChI=1S/C14H21NO3/c1-4-10(2)13(15)14(16)18-9-11-6-5-7-12(8-11)17-3/h5-8,10,13H,4,9,15H2,1-3H3. The van der Waals surface area contributed by atoms with Crippen molar-refractivity contribution in [1.82, 2.24) is 0 Å². The van der Waals surface area contributed by atoms with E-state index in [1.165, 1.54) is 0 Å². The molecule has 0 saturated heterocycles. The average Bonchev–Trinajstić information content (AvgIpc) is 2.43. The molecule has 18 heavy (non-hydrogen) atoms. The number of methoxy groups -OCH3 is 1. The zero-order valence-corrected chi connectivity index (χ0v) is 11.2. The van der Waals surface area contributed by atoms with Crippen LogP contribution >= 0.6 is 0 Å². The molecule has 2 N–H and O–H groups in total. The number of carbonyl (C=O) groups is 1. The Kier molecular flexibility index (Phi) is 5.65. The largest absolute Gasteiger partial charge is 0.497 e. The van der Waals surface area contributed by atoms with E-state index in [0.717, 1.165) is 17.7 Å². The summed E-state index contributed by atoms with van der Waals surface area (Å²) in [5.74, 6) is 0.518. The van der Waals surface area contributed by atoms with Gasteiger partial charge in [-0.2, -0.15) is 0 Å². The quantitative estimate of drug-likeness (QED) is 0.787. The fraction of sp³-hybridized carbons (Fsp3) is 0.500. The number of hydrogen-bond donors (Lipinski definition) is 1. The van der Waals surface area contributed by atoms with Gasteiger partial charge in [0.1, 0.15) is 18.4 Å². The highest BCUT2D eigenvalue weighted by Crippen LogP contribution is 2.14. The van der Waals surface area contributed by atoms with Gasteiger partial charge in [-0.3, -0.25) is 4.79 Å². The van der Waals surface area contributed by atoms with Crippen LogP contribution in [0.25, 0.3) is 0 Å². The highest BCUT2D eigenvalue weighted by atomic mass is 16.5. The van der Waals surface area contributed by atoms with E-state index < -0.39 is 6.04 Å². The molecule has 2 atom stereocenters. The molecule has 0 saturated carbocycles. The third-order valence-corrected chi connectivity index (χ3v) is 3.04. The van der Waals surface area contributed by atoms with Gasteiger partial charge in [0.15, 0.2) is 0 Å². The van der Waals surface area contributed by atoms with Crippen LogP contribution in [0.1, 0.15) is 25.8 Å². The molecule has 2 unspecified atom stereocenters. The van der Waals surface area contributed by atoms with Crippen molar-refractivity contribution in [2.75, 3.05) is 7.11 Å². The van der Waals surface area contributed by atoms with E-state index in [-0.39, 0.29) is 18.5 Å². The molecule has 0 aliphatic heterocycles. The van der Waals surface area contributed by atoms with Gasteiger partial charge in [0.25, 0.3) is 0 Å². The summed E-state index contributed by atoms with van der Waals surface area (Å²) in [6, 6.07) is 6.86. The fourth-order valence-electron chi connectivity index (χ4n) is 1.50. The maximum absolute atomic E-state index is 11.7. The molecule has 1 aromatic rings. The lowest BCUT2D eigenvalue weighted by Gasteiger charge is -2.16. The van der Waals surface area contributed by atoms with Crippen LogP contribution in [0.3, 0.4) is 0 Å². The van der Waals surface area contributed by atoms with Crippen LogP contribution in [0.2, 0.25) is 0 Å². The van der Waals surface area contributed by atoms with E-state index in [1.807, 2.05) is 38.1 Å². The van der Waals surface area contributed by atoms with Crippen LogP contribution in [0.5, 0.6) is 5.75 Å². The van der Waals surface area contributed by atoms with Gasteiger partial charge in [-0.25, -0.2) is 0 Å². The van der Waals surface area contributed by atoms with Crippen molar-refractivity contribution in [3.8, 4) is 5.75 Å². The zero-order chi connectivity index (χ0) is 13.5. The van der Waals surface area contributed by atoms with Crippen LogP contribution < -0.4 is 10.5 Å². The van der Waals surface area contributed by atoms with Gasteiger partial charge in [0.2, 0.25) is 0 Å². The lowest BCUT2D eigenvalue weighted by atomic mass is 10.0. The highest BCUT2D eigenvalue weighted by molar-refractivity contribution is 5.75. The summed E-state index contributed by atoms with van der Waals surface area (Å²) >= 11 is 0. The second-order valence-electron chi connectivity index (χ2n) is 4.37. The molecule has 0 bridgehead atoms. The van der Waals surface area contributed by atoms with Gasteiger partial charge in [-0.15, -0.1) is 0 Å². The third kappa shape index (κ3) is 4.04. The minimum atomic E-state index is -0.555. The van der Waals surface area contributed by atoms with Gasteiger partial charge in [-0.1, -0.05) is 32.4 Å². The van der Waals surface area contributed by atoms with Crippen molar-refractivity contribution in [2.24, 2.45) is 11.7 Å². The number of rotatable bonds is 6. The molecule has 4 heteroatoms. The Hall–Kier alpha value is -1.55. The summed E-state index contributed by atoms with van der Waals surface area (Å²) in [5.41, 5.74) is 6.68. The van der Waals surface area contributed by atoms with Gasteiger partial charge >= 0.3 is 5.97 Å². The molecule has 1 aromatic carbocycles. The Labute approximate surface area is 108 Å². The summed E-state index contributed by atoms with van der Waals surface area (Å²) in [6.45, 7) is 4.16. The molecule has 0 amide bonds. The normalized spacial score (nSPS) is 13.8. The van der Waals surface area contributed by atoms with E-state index in [1.54, 1.807) is 7.11 Å². The van der Waals surface area contributed by atoms with Crippen molar-refractivity contribution in [2.45, 2.75) is 32.9 Å². The Morgan fingerprint density at radius 2 is 2.17 bits per heavy atom. The topological polar surface area (TPSA) is 61.6 Å². The van der Waals surface area contributed by atoms with E-state index >= 15 is 0 Å². The smallest absolute Gasteiger partial charge is 0.323 e. The van der Waals surface area contributed by atoms with Gasteiger partial charge in [-0.05, 0) is 23.6 Å². The van der Waals surface area contributed by atoms with Crippen molar-refractivity contribution >= 4 is 5.97 Å². The molecule has 0 fully saturated rings. The van der Waals surface area contributed by atoms with Gasteiger partial charge in [0.05, 0.1) is 7.11 Å². The van der Waals surface area contributed by atoms with Crippen LogP contribution in [0.4, 0.5) is 0 Å². The van der Waals surface area contributed by atoms with Crippen molar-refractivity contribution in [3.05, 3.63) is 29.8 Å². The maximum Gasteiger partial charge on any atom is 0.323 e. The summed E-state index contributed by atoms with van der Waals surface area (Å²) in [6.07, 6.45) is 0.857. The molecule has 0 spiro atoms. The minimum Gasteiger partial charge on any atom is -0.497 e. The molecule has 1 rings (SSSR count). The Morgan fingerprint density at radius 3 is 2.78 bits per heavy atom. The van der Waals surface area contributed by atoms with E-state index in [9.17, 15) is 4.79 Å². The van der Waals surface area contributed by atoms with Crippen LogP contribution in [-0.2, 0) is 16.1 Å². The molecule has 100 valence electrons. The SMILES string of the molecule is CCC(C)C(N)C(=O)OCc1cccc(OC)c1. The number of esters is 1. The van der Waals surface area contributed by atoms with E-state index in [2.05, 4.69) is 0 Å². The van der Waals surface area contributed by atoms with Crippen LogP contribution in [-0.4, -0.2) is 19.1 Å². The molecule has 0 aliphatic carbocycles. The summed E-state index contributed by atoms with van der Waals surface area (Å²) in [7, 11) is 1.60. The molecular weight excluding hydrogens is 230 g/mol. The first kappa shape index (κ1) is 14.5. The molecular formula is C14H21NO3. The molecule has 0 heterocycles. The number of hydrogen-bond acceptors (Lipinski definition) is 4. The second kappa shape index (κ2) is 7.01. The predicted molar refractivity (Wildman–Crippen MR) is 70.2 cm³/mol. The first-order chi connectivity index (χ1) is 8.58. The first-order valence-corrected chi connectivity index (χ1v) is 6.13. The summed E-state index contributed by atoms with van der Waals surface area (Å²) < 4.78 is 10.3. The maximum atomic E-state index is 11.7. The Bertz CT molecular complexity index is 392. The monoisotopic (exact) mass is 251 g/mol.